The Morgan fingerprint density at radius 3 is 2.52 bits per heavy atom. The van der Waals surface area contributed by atoms with Crippen LogP contribution in [0.2, 0.25) is 0 Å². The van der Waals surface area contributed by atoms with E-state index in [1.807, 2.05) is 6.92 Å². The summed E-state index contributed by atoms with van der Waals surface area (Å²) in [6.07, 6.45) is 1.45. The van der Waals surface area contributed by atoms with Crippen LogP contribution < -0.4 is 16.8 Å². The summed E-state index contributed by atoms with van der Waals surface area (Å²) in [5.41, 5.74) is 7.47. The minimum atomic E-state index is -0.401. The second-order valence-electron chi connectivity index (χ2n) is 5.69. The summed E-state index contributed by atoms with van der Waals surface area (Å²) < 4.78 is 4.91. The molecule has 1 aliphatic heterocycles. The fourth-order valence-corrected chi connectivity index (χ4v) is 2.78. The number of benzene rings is 1. The first kappa shape index (κ1) is 20.0. The lowest BCUT2D eigenvalue weighted by atomic mass is 10.2. The van der Waals surface area contributed by atoms with Crippen molar-refractivity contribution >= 4 is 23.0 Å². The molecule has 11 nitrogen and oxygen atoms in total. The lowest BCUT2D eigenvalue weighted by Gasteiger charge is -2.37. The number of hydrogen-bond donors (Lipinski definition) is 2. The Morgan fingerprint density at radius 1 is 1.33 bits per heavy atom. The van der Waals surface area contributed by atoms with Gasteiger partial charge in [-0.1, -0.05) is 10.3 Å². The second-order valence-corrected chi connectivity index (χ2v) is 5.69. The van der Waals surface area contributed by atoms with Gasteiger partial charge < -0.3 is 31.0 Å². The topological polar surface area (TPSA) is 158 Å². The highest BCUT2D eigenvalue weighted by Crippen LogP contribution is 2.22. The molecule has 1 aromatic carbocycles. The summed E-state index contributed by atoms with van der Waals surface area (Å²) in [5.74, 6) is 0.857. The quantitative estimate of drug-likeness (QED) is 0.343. The predicted octanol–water partition coefficient (Wildman–Crippen LogP) is 1.85. The van der Waals surface area contributed by atoms with Gasteiger partial charge in [-0.2, -0.15) is 0 Å². The van der Waals surface area contributed by atoms with E-state index in [0.29, 0.717) is 31.1 Å². The molecular formula is C16H23N7O4. The van der Waals surface area contributed by atoms with Gasteiger partial charge >= 0.3 is 0 Å². The van der Waals surface area contributed by atoms with Crippen LogP contribution in [0, 0.1) is 10.1 Å². The lowest BCUT2D eigenvalue weighted by Crippen LogP contribution is -2.49. The van der Waals surface area contributed by atoms with E-state index in [1.54, 1.807) is 12.1 Å². The van der Waals surface area contributed by atoms with Crippen LogP contribution in [-0.2, 0) is 4.84 Å². The molecular weight excluding hydrogens is 354 g/mol. The van der Waals surface area contributed by atoms with Crippen molar-refractivity contribution in [3.8, 4) is 0 Å². The van der Waals surface area contributed by atoms with Gasteiger partial charge in [-0.25, -0.2) is 0 Å². The van der Waals surface area contributed by atoms with E-state index < -0.39 is 4.92 Å². The molecule has 0 atom stereocenters. The molecule has 3 rings (SSSR count). The molecule has 0 spiro atoms. The van der Waals surface area contributed by atoms with E-state index in [2.05, 4.69) is 20.1 Å². The summed E-state index contributed by atoms with van der Waals surface area (Å²) in [5, 5.41) is 18.6. The molecule has 0 bridgehead atoms. The third-order valence-corrected chi connectivity index (χ3v) is 4.12. The highest BCUT2D eigenvalue weighted by molar-refractivity contribution is 6.01. The van der Waals surface area contributed by atoms with Gasteiger partial charge in [0.25, 0.3) is 5.69 Å². The van der Waals surface area contributed by atoms with Crippen molar-refractivity contribution in [1.29, 1.82) is 0 Å². The van der Waals surface area contributed by atoms with Crippen LogP contribution in [-0.4, -0.2) is 53.6 Å². The highest BCUT2D eigenvalue weighted by atomic mass is 16.6. The molecule has 1 saturated heterocycles. The Kier molecular flexibility index (Phi) is 6.55. The molecule has 2 heterocycles. The van der Waals surface area contributed by atoms with Gasteiger partial charge in [0.05, 0.1) is 4.92 Å². The van der Waals surface area contributed by atoms with Gasteiger partial charge in [0, 0.05) is 44.0 Å². The van der Waals surface area contributed by atoms with Crippen molar-refractivity contribution in [2.45, 2.75) is 6.92 Å². The summed E-state index contributed by atoms with van der Waals surface area (Å²) in [7, 11) is 0. The minimum Gasteiger partial charge on any atom is -0.394 e. The van der Waals surface area contributed by atoms with Crippen molar-refractivity contribution in [2.24, 2.45) is 5.16 Å². The fourth-order valence-electron chi connectivity index (χ4n) is 2.78. The van der Waals surface area contributed by atoms with E-state index in [4.69, 9.17) is 15.1 Å². The number of hydrogen-bond acceptors (Lipinski definition) is 9. The summed E-state index contributed by atoms with van der Waals surface area (Å²) in [6.45, 7) is 5.13. The third-order valence-electron chi connectivity index (χ3n) is 4.12. The van der Waals surface area contributed by atoms with Crippen LogP contribution in [0.4, 0.5) is 17.2 Å². The number of rotatable bonds is 5. The first-order valence-electron chi connectivity index (χ1n) is 8.24. The maximum absolute atomic E-state index is 10.8. The summed E-state index contributed by atoms with van der Waals surface area (Å²) in [6, 6.07) is 6.56. The number of nitro groups is 1. The Hall–Kier alpha value is -3.34. The normalized spacial score (nSPS) is 14.6. The predicted molar refractivity (Wildman–Crippen MR) is 101 cm³/mol. The van der Waals surface area contributed by atoms with Crippen molar-refractivity contribution in [3.63, 3.8) is 0 Å². The number of nitrogens with two attached hydrogens (primary N) is 1. The van der Waals surface area contributed by atoms with Gasteiger partial charge in [0.1, 0.15) is 18.4 Å². The van der Waals surface area contributed by atoms with Crippen LogP contribution in [0.15, 0.2) is 40.2 Å². The SMILES string of the molecule is CCO/N=C(/c1conc1N)N1CCN(c2ccc([N+](=O)[O-])cc2)CC1.N. The zero-order valence-corrected chi connectivity index (χ0v) is 15.1. The molecule has 5 N–H and O–H groups in total. The Balaban J connectivity index is 0.00000261. The first-order chi connectivity index (χ1) is 12.6. The van der Waals surface area contributed by atoms with Crippen molar-refractivity contribution in [3.05, 3.63) is 46.2 Å². The number of nitrogens with zero attached hydrogens (tertiary/aromatic N) is 5. The molecule has 0 unspecified atom stereocenters. The molecule has 1 fully saturated rings. The Bertz CT molecular complexity index is 782. The number of oxime groups is 1. The van der Waals surface area contributed by atoms with E-state index in [9.17, 15) is 10.1 Å². The van der Waals surface area contributed by atoms with Crippen LogP contribution in [0.1, 0.15) is 12.5 Å². The van der Waals surface area contributed by atoms with Crippen LogP contribution >= 0.6 is 0 Å². The highest BCUT2D eigenvalue weighted by Gasteiger charge is 2.25. The third kappa shape index (κ3) is 4.44. The molecule has 0 aliphatic carbocycles. The molecule has 0 amide bonds. The van der Waals surface area contributed by atoms with Crippen molar-refractivity contribution in [1.82, 2.24) is 16.2 Å². The van der Waals surface area contributed by atoms with Crippen molar-refractivity contribution in [2.75, 3.05) is 43.4 Å². The molecule has 1 aliphatic rings. The van der Waals surface area contributed by atoms with Crippen LogP contribution in [0.5, 0.6) is 0 Å². The molecule has 0 saturated carbocycles. The van der Waals surface area contributed by atoms with Gasteiger partial charge in [-0.3, -0.25) is 10.1 Å². The number of piperazine rings is 1. The maximum atomic E-state index is 10.8. The maximum Gasteiger partial charge on any atom is 0.269 e. The monoisotopic (exact) mass is 377 g/mol. The van der Waals surface area contributed by atoms with E-state index in [0.717, 1.165) is 18.8 Å². The number of non-ortho nitro benzene ring substituents is 1. The second kappa shape index (κ2) is 8.85. The van der Waals surface area contributed by atoms with Crippen molar-refractivity contribution < 1.29 is 14.3 Å². The molecule has 1 aromatic heterocycles. The number of amidine groups is 1. The standard InChI is InChI=1S/C16H20N6O4.H3N/c1-2-25-19-16(14-11-26-18-15(14)17)21-9-7-20(8-10-21)12-3-5-13(6-4-12)22(23)24;/h3-6,11H,2,7-10H2,1H3,(H2,17,18);1H3/b19-16-;. The average Bonchev–Trinajstić information content (AvgIpc) is 3.08. The van der Waals surface area contributed by atoms with Gasteiger partial charge in [0.2, 0.25) is 0 Å². The molecule has 0 radical (unpaired) electrons. The molecule has 27 heavy (non-hydrogen) atoms. The molecule has 146 valence electrons. The summed E-state index contributed by atoms with van der Waals surface area (Å²) in [4.78, 5) is 19.8. The summed E-state index contributed by atoms with van der Waals surface area (Å²) >= 11 is 0. The number of aromatic nitrogens is 1. The smallest absolute Gasteiger partial charge is 0.269 e. The fraction of sp³-hybridized carbons (Fsp3) is 0.375. The number of nitrogen functional groups attached to an aromatic ring is 1. The van der Waals surface area contributed by atoms with E-state index >= 15 is 0 Å². The largest absolute Gasteiger partial charge is 0.394 e. The Morgan fingerprint density at radius 2 is 2.00 bits per heavy atom. The van der Waals surface area contributed by atoms with E-state index in [-0.39, 0.29) is 17.7 Å². The Labute approximate surface area is 156 Å². The van der Waals surface area contributed by atoms with Gasteiger partial charge in [-0.05, 0) is 19.1 Å². The van der Waals surface area contributed by atoms with Gasteiger partial charge in [-0.15, -0.1) is 0 Å². The molecule has 11 heteroatoms. The zero-order chi connectivity index (χ0) is 18.5. The lowest BCUT2D eigenvalue weighted by molar-refractivity contribution is -0.384. The zero-order valence-electron chi connectivity index (χ0n) is 15.1. The number of nitro benzene ring substituents is 1. The van der Waals surface area contributed by atoms with Crippen LogP contribution in [0.25, 0.3) is 0 Å². The van der Waals surface area contributed by atoms with Gasteiger partial charge in [0.15, 0.2) is 11.7 Å². The first-order valence-corrected chi connectivity index (χ1v) is 8.24. The van der Waals surface area contributed by atoms with Crippen LogP contribution in [0.3, 0.4) is 0 Å². The number of anilines is 2. The average molecular weight is 377 g/mol. The van der Waals surface area contributed by atoms with E-state index in [1.165, 1.54) is 18.4 Å². The molecule has 2 aromatic rings. The minimum absolute atomic E-state index is 0.